The van der Waals surface area contributed by atoms with Crippen molar-refractivity contribution in [1.29, 1.82) is 0 Å². The van der Waals surface area contributed by atoms with Crippen LogP contribution in [0.15, 0.2) is 12.1 Å². The SMILES string of the molecule is [2H]c1c(OC)c(OC)c([2H])c2c1C1([2H])CC(=O)C(C([2H])([2H])C([2H])(C([2H])([2H])[2H])C([2H])([2H])C)CN1C([2H])([2H])C2([2H])[2H]. The van der Waals surface area contributed by atoms with E-state index in [0.29, 0.717) is 11.8 Å². The van der Waals surface area contributed by atoms with Crippen LogP contribution in [0.5, 0.6) is 11.5 Å². The zero-order valence-corrected chi connectivity index (χ0v) is 13.7. The molecular formula is C20H29NO3. The first-order valence-corrected chi connectivity index (χ1v) is 7.39. The molecule has 2 aliphatic heterocycles. The maximum atomic E-state index is 13.5. The molecular weight excluding hydrogens is 302 g/mol. The van der Waals surface area contributed by atoms with Crippen molar-refractivity contribution < 1.29 is 34.8 Å². The number of benzene rings is 1. The van der Waals surface area contributed by atoms with Crippen molar-refractivity contribution in [1.82, 2.24) is 4.90 Å². The molecule has 0 radical (unpaired) electrons. The molecule has 1 aromatic rings. The molecule has 2 aliphatic rings. The van der Waals surface area contributed by atoms with Gasteiger partial charge in [-0.1, -0.05) is 20.1 Å². The summed E-state index contributed by atoms with van der Waals surface area (Å²) in [4.78, 5) is 14.0. The number of hydrogen-bond donors (Lipinski definition) is 0. The lowest BCUT2D eigenvalue weighted by Crippen LogP contribution is -2.46. The first-order valence-electron chi connectivity index (χ1n) is 14.9. The molecule has 132 valence electrons. The van der Waals surface area contributed by atoms with Gasteiger partial charge in [0.25, 0.3) is 0 Å². The largest absolute Gasteiger partial charge is 0.493 e. The molecule has 2 heterocycles. The first-order chi connectivity index (χ1) is 17.3. The molecule has 0 aliphatic carbocycles. The Labute approximate surface area is 166 Å². The van der Waals surface area contributed by atoms with Crippen molar-refractivity contribution in [3.05, 3.63) is 23.2 Å². The maximum absolute atomic E-state index is 13.5. The number of fused-ring (bicyclic) bond motifs is 3. The fourth-order valence-electron chi connectivity index (χ4n) is 2.67. The lowest BCUT2D eigenvalue weighted by molar-refractivity contribution is -0.129. The lowest BCUT2D eigenvalue weighted by atomic mass is 9.79. The number of carbonyl (C=O) groups excluding carboxylic acids is 1. The Morgan fingerprint density at radius 1 is 1.54 bits per heavy atom. The number of nitrogens with zero attached hydrogens (tertiary/aromatic N) is 1. The van der Waals surface area contributed by atoms with Gasteiger partial charge in [0.15, 0.2) is 11.5 Å². The number of ether oxygens (including phenoxy) is 2. The highest BCUT2D eigenvalue weighted by molar-refractivity contribution is 5.83. The Morgan fingerprint density at radius 2 is 2.29 bits per heavy atom. The fourth-order valence-corrected chi connectivity index (χ4v) is 2.67. The zero-order valence-electron chi connectivity index (χ0n) is 28.7. The Balaban J connectivity index is 2.36. The molecule has 0 N–H and O–H groups in total. The fraction of sp³-hybridized carbons (Fsp3) is 0.650. The molecule has 0 bridgehead atoms. The predicted molar refractivity (Wildman–Crippen MR) is 94.8 cm³/mol. The van der Waals surface area contributed by atoms with Gasteiger partial charge < -0.3 is 9.47 Å². The summed E-state index contributed by atoms with van der Waals surface area (Å²) < 4.78 is 136. The minimum atomic E-state index is -3.59. The van der Waals surface area contributed by atoms with Crippen LogP contribution in [0, 0.1) is 11.8 Å². The van der Waals surface area contributed by atoms with Gasteiger partial charge in [-0.2, -0.15) is 0 Å². The van der Waals surface area contributed by atoms with Crippen LogP contribution in [0.2, 0.25) is 0 Å². The van der Waals surface area contributed by atoms with Crippen molar-refractivity contribution in [3.63, 3.8) is 0 Å². The van der Waals surface area contributed by atoms with E-state index in [9.17, 15) is 6.17 Å². The summed E-state index contributed by atoms with van der Waals surface area (Å²) in [6.07, 6.45) is -10.7. The standard InChI is InChI=1S/C20H29NO3/c1-5-13(2)8-15-12-21-7-6-14-9-19(23-3)20(24-4)10-16(14)17(21)11-18(15)22/h9-10,13,15,17H,5-8,11-12H2,1-4H3/i2D3,5D2,6D2,7D2,8D2,9D,10D,13D,17D. The van der Waals surface area contributed by atoms with Crippen molar-refractivity contribution in [2.45, 2.75) is 45.3 Å². The van der Waals surface area contributed by atoms with E-state index in [1.165, 1.54) is 0 Å². The van der Waals surface area contributed by atoms with Gasteiger partial charge in [0.1, 0.15) is 5.78 Å². The van der Waals surface area contributed by atoms with Crippen molar-refractivity contribution in [2.75, 3.05) is 27.3 Å². The summed E-state index contributed by atoms with van der Waals surface area (Å²) in [6, 6.07) is -3.94. The van der Waals surface area contributed by atoms with E-state index in [2.05, 4.69) is 0 Å². The third-order valence-corrected chi connectivity index (χ3v) is 3.94. The highest BCUT2D eigenvalue weighted by atomic mass is 16.5. The molecule has 3 unspecified atom stereocenters. The van der Waals surface area contributed by atoms with Crippen LogP contribution < -0.4 is 9.47 Å². The van der Waals surface area contributed by atoms with E-state index in [4.69, 9.17) is 28.7 Å². The Kier molecular flexibility index (Phi) is 1.97. The Bertz CT molecular complexity index is 1180. The minimum Gasteiger partial charge on any atom is -0.493 e. The van der Waals surface area contributed by atoms with Crippen LogP contribution in [-0.2, 0) is 11.2 Å². The molecule has 0 spiro atoms. The van der Waals surface area contributed by atoms with Gasteiger partial charge in [0, 0.05) is 47.8 Å². The number of Topliss-reactive ketones (excluding diaryl/α,β-unsaturated/α-hetero) is 1. The quantitative estimate of drug-likeness (QED) is 0.816. The molecule has 24 heavy (non-hydrogen) atoms. The monoisotopic (exact) mass is 346 g/mol. The predicted octanol–water partition coefficient (Wildman–Crippen LogP) is 3.63. The highest BCUT2D eigenvalue weighted by Gasteiger charge is 2.38. The van der Waals surface area contributed by atoms with Gasteiger partial charge in [-0.25, -0.2) is 0 Å². The molecule has 1 aromatic carbocycles. The second kappa shape index (κ2) is 7.14. The van der Waals surface area contributed by atoms with Gasteiger partial charge in [0.2, 0.25) is 0 Å². The van der Waals surface area contributed by atoms with Gasteiger partial charge >= 0.3 is 0 Å². The number of ketones is 1. The first kappa shape index (κ1) is 6.64. The van der Waals surface area contributed by atoms with Crippen molar-refractivity contribution in [3.8, 4) is 11.5 Å². The van der Waals surface area contributed by atoms with Gasteiger partial charge in [-0.3, -0.25) is 9.69 Å². The van der Waals surface area contributed by atoms with Crippen LogP contribution in [0.4, 0.5) is 0 Å². The molecule has 3 atom stereocenters. The van der Waals surface area contributed by atoms with Crippen LogP contribution in [0.1, 0.15) is 70.6 Å². The number of rotatable bonds is 5. The van der Waals surface area contributed by atoms with Gasteiger partial charge in [-0.05, 0) is 41.9 Å². The molecule has 1 saturated heterocycles. The number of piperidine rings is 1. The summed E-state index contributed by atoms with van der Waals surface area (Å²) in [5.74, 6) is -7.61. The van der Waals surface area contributed by atoms with E-state index < -0.39 is 98.0 Å². The third-order valence-electron chi connectivity index (χ3n) is 3.94. The molecule has 4 heteroatoms. The molecule has 0 aromatic heterocycles. The molecule has 3 rings (SSSR count). The van der Waals surface area contributed by atoms with Crippen LogP contribution in [0.3, 0.4) is 0 Å². The van der Waals surface area contributed by atoms with Gasteiger partial charge in [-0.15, -0.1) is 0 Å². The highest BCUT2D eigenvalue weighted by Crippen LogP contribution is 2.42. The number of carbonyl (C=O) groups is 1. The Morgan fingerprint density at radius 3 is 2.96 bits per heavy atom. The summed E-state index contributed by atoms with van der Waals surface area (Å²) in [6.45, 7) is -7.25. The topological polar surface area (TPSA) is 38.8 Å². The molecule has 4 nitrogen and oxygen atoms in total. The van der Waals surface area contributed by atoms with E-state index in [0.717, 1.165) is 14.2 Å². The molecule has 0 amide bonds. The summed E-state index contributed by atoms with van der Waals surface area (Å²) in [5, 5.41) is 0. The summed E-state index contributed by atoms with van der Waals surface area (Å²) >= 11 is 0. The maximum Gasteiger partial charge on any atom is 0.161 e. The smallest absolute Gasteiger partial charge is 0.161 e. The van der Waals surface area contributed by atoms with E-state index >= 15 is 0 Å². The lowest BCUT2D eigenvalue weighted by Gasteiger charge is -2.43. The molecule has 0 saturated carbocycles. The van der Waals surface area contributed by atoms with Crippen LogP contribution in [-0.4, -0.2) is 37.9 Å². The van der Waals surface area contributed by atoms with Crippen LogP contribution in [0.25, 0.3) is 0 Å². The third kappa shape index (κ3) is 3.16. The average Bonchev–Trinajstić information content (AvgIpc) is 2.75. The zero-order chi connectivity index (χ0) is 30.5. The average molecular weight is 347 g/mol. The van der Waals surface area contributed by atoms with E-state index in [1.807, 2.05) is 0 Å². The minimum absolute atomic E-state index is 0.372. The van der Waals surface area contributed by atoms with Crippen molar-refractivity contribution in [2.24, 2.45) is 11.8 Å². The summed E-state index contributed by atoms with van der Waals surface area (Å²) in [5.41, 5.74) is -1.30. The summed E-state index contributed by atoms with van der Waals surface area (Å²) in [7, 11) is 2.25. The normalized spacial score (nSPS) is 44.4. The Hall–Kier alpha value is -1.55. The second-order valence-electron chi connectivity index (χ2n) is 5.33. The van der Waals surface area contributed by atoms with Gasteiger partial charge in [0.05, 0.1) is 18.3 Å². The second-order valence-corrected chi connectivity index (χ2v) is 5.33. The van der Waals surface area contributed by atoms with E-state index in [1.54, 1.807) is 0 Å². The number of methoxy groups -OCH3 is 2. The van der Waals surface area contributed by atoms with Crippen molar-refractivity contribution >= 4 is 5.78 Å². The van der Waals surface area contributed by atoms with Crippen LogP contribution >= 0.6 is 0 Å². The molecule has 1 fully saturated rings. The number of hydrogen-bond acceptors (Lipinski definition) is 4. The van der Waals surface area contributed by atoms with E-state index in [-0.39, 0.29) is 5.75 Å².